The minimum Gasteiger partial charge on any atom is -0.487 e. The molecule has 0 unspecified atom stereocenters. The number of pyridine rings is 2. The summed E-state index contributed by atoms with van der Waals surface area (Å²) in [5.74, 6) is -0.228. The molecule has 0 saturated carbocycles. The van der Waals surface area contributed by atoms with Crippen LogP contribution in [0.3, 0.4) is 0 Å². The minimum absolute atomic E-state index is 0.182. The molecular weight excluding hydrogens is 325 g/mol. The van der Waals surface area contributed by atoms with E-state index in [1.165, 1.54) is 13.2 Å². The first kappa shape index (κ1) is 16.6. The van der Waals surface area contributed by atoms with Crippen molar-refractivity contribution in [1.82, 2.24) is 15.0 Å². The molecule has 0 bridgehead atoms. The van der Waals surface area contributed by atoms with Crippen LogP contribution in [0.5, 0.6) is 5.75 Å². The molecule has 0 atom stereocenters. The first-order chi connectivity index (χ1) is 12.2. The summed E-state index contributed by atoms with van der Waals surface area (Å²) < 4.78 is 23.6. The fourth-order valence-corrected chi connectivity index (χ4v) is 2.34. The number of nitrogens with zero attached hydrogens (tertiary/aromatic N) is 2. The van der Waals surface area contributed by atoms with Crippen molar-refractivity contribution in [1.29, 1.82) is 0 Å². The molecule has 3 aromatic heterocycles. The van der Waals surface area contributed by atoms with Gasteiger partial charge in [0.2, 0.25) is 0 Å². The Labute approximate surface area is 143 Å². The van der Waals surface area contributed by atoms with Crippen LogP contribution in [0.4, 0.5) is 4.39 Å². The summed E-state index contributed by atoms with van der Waals surface area (Å²) in [6, 6.07) is 6.63. The fourth-order valence-electron chi connectivity index (χ4n) is 2.34. The maximum atomic E-state index is 13.2. The maximum absolute atomic E-state index is 13.2. The zero-order valence-corrected chi connectivity index (χ0v) is 13.5. The van der Waals surface area contributed by atoms with E-state index in [9.17, 15) is 9.18 Å². The molecule has 0 aliphatic heterocycles. The number of halogens is 1. The molecule has 0 fully saturated rings. The Morgan fingerprint density at radius 3 is 3.00 bits per heavy atom. The number of carbonyl (C=O) groups excluding carboxylic acids is 1. The van der Waals surface area contributed by atoms with Gasteiger partial charge in [-0.15, -0.1) is 0 Å². The van der Waals surface area contributed by atoms with Crippen LogP contribution in [0.25, 0.3) is 0 Å². The zero-order valence-electron chi connectivity index (χ0n) is 13.5. The first-order valence-electron chi connectivity index (χ1n) is 7.57. The summed E-state index contributed by atoms with van der Waals surface area (Å²) in [5, 5.41) is 0. The third-order valence-electron chi connectivity index (χ3n) is 3.53. The van der Waals surface area contributed by atoms with Crippen LogP contribution in [-0.4, -0.2) is 28.0 Å². The van der Waals surface area contributed by atoms with E-state index in [4.69, 9.17) is 4.74 Å². The highest BCUT2D eigenvalue weighted by atomic mass is 19.1. The Balaban J connectivity index is 1.72. The number of hydrogen-bond donors (Lipinski definition) is 1. The van der Waals surface area contributed by atoms with Crippen LogP contribution in [-0.2, 0) is 17.8 Å². The number of nitrogens with one attached hydrogen (secondary N) is 1. The van der Waals surface area contributed by atoms with Gasteiger partial charge in [-0.3, -0.25) is 9.97 Å². The van der Waals surface area contributed by atoms with Crippen molar-refractivity contribution in [3.05, 3.63) is 77.4 Å². The van der Waals surface area contributed by atoms with Gasteiger partial charge in [0.25, 0.3) is 0 Å². The number of ether oxygens (including phenoxy) is 2. The number of aromatic nitrogens is 3. The van der Waals surface area contributed by atoms with Gasteiger partial charge in [-0.2, -0.15) is 0 Å². The third kappa shape index (κ3) is 4.20. The molecular formula is C18H16FN3O3. The number of hydrogen-bond acceptors (Lipinski definition) is 5. The number of carbonyl (C=O) groups is 1. The van der Waals surface area contributed by atoms with Crippen molar-refractivity contribution >= 4 is 5.97 Å². The summed E-state index contributed by atoms with van der Waals surface area (Å²) in [4.78, 5) is 22.7. The zero-order chi connectivity index (χ0) is 17.6. The van der Waals surface area contributed by atoms with Crippen molar-refractivity contribution < 1.29 is 18.7 Å². The fraction of sp³-hybridized carbons (Fsp3) is 0.167. The van der Waals surface area contributed by atoms with Crippen molar-refractivity contribution in [3.8, 4) is 5.75 Å². The van der Waals surface area contributed by atoms with Gasteiger partial charge in [0, 0.05) is 36.3 Å². The highest BCUT2D eigenvalue weighted by Crippen LogP contribution is 2.20. The van der Waals surface area contributed by atoms with Gasteiger partial charge in [0.15, 0.2) is 0 Å². The van der Waals surface area contributed by atoms with Crippen LogP contribution >= 0.6 is 0 Å². The van der Waals surface area contributed by atoms with Crippen LogP contribution < -0.4 is 4.74 Å². The van der Waals surface area contributed by atoms with Crippen LogP contribution in [0, 0.1) is 5.82 Å². The van der Waals surface area contributed by atoms with Crippen LogP contribution in [0.1, 0.15) is 27.3 Å². The second-order valence-corrected chi connectivity index (χ2v) is 5.33. The molecule has 25 heavy (non-hydrogen) atoms. The quantitative estimate of drug-likeness (QED) is 0.698. The Morgan fingerprint density at radius 1 is 1.32 bits per heavy atom. The Kier molecular flexibility index (Phi) is 5.03. The average molecular weight is 341 g/mol. The smallest absolute Gasteiger partial charge is 0.339 e. The lowest BCUT2D eigenvalue weighted by Gasteiger charge is -2.10. The van der Waals surface area contributed by atoms with Crippen molar-refractivity contribution in [3.63, 3.8) is 0 Å². The molecule has 3 heterocycles. The Morgan fingerprint density at radius 2 is 2.20 bits per heavy atom. The molecule has 7 heteroatoms. The van der Waals surface area contributed by atoms with Gasteiger partial charge in [0.1, 0.15) is 18.2 Å². The number of aromatic amines is 1. The molecule has 0 saturated heterocycles. The van der Waals surface area contributed by atoms with E-state index in [1.54, 1.807) is 36.8 Å². The molecule has 128 valence electrons. The van der Waals surface area contributed by atoms with E-state index in [1.807, 2.05) is 0 Å². The summed E-state index contributed by atoms with van der Waals surface area (Å²) in [5.41, 5.74) is 2.57. The lowest BCUT2D eigenvalue weighted by molar-refractivity contribution is 0.0601. The third-order valence-corrected chi connectivity index (χ3v) is 3.53. The summed E-state index contributed by atoms with van der Waals surface area (Å²) >= 11 is 0. The van der Waals surface area contributed by atoms with Crippen LogP contribution in [0.2, 0.25) is 0 Å². The molecule has 1 N–H and O–H groups in total. The van der Waals surface area contributed by atoms with Gasteiger partial charge in [-0.25, -0.2) is 9.18 Å². The summed E-state index contributed by atoms with van der Waals surface area (Å²) in [6.45, 7) is 0.182. The predicted octanol–water partition coefficient (Wildman–Crippen LogP) is 2.90. The van der Waals surface area contributed by atoms with E-state index in [2.05, 4.69) is 19.7 Å². The lowest BCUT2D eigenvalue weighted by atomic mass is 10.2. The molecule has 0 aliphatic rings. The average Bonchev–Trinajstić information content (AvgIpc) is 3.09. The number of H-pyrrole nitrogens is 1. The Bertz CT molecular complexity index is 879. The standard InChI is InChI=1S/C18H16FN3O3/c1-24-18(23)13-6-15(22-9-13)7-16-17(3-2-4-21-16)25-11-12-5-14(19)10-20-8-12/h2-6,8-10,22H,7,11H2,1H3. The molecule has 6 nitrogen and oxygen atoms in total. The topological polar surface area (TPSA) is 77.1 Å². The minimum atomic E-state index is -0.408. The Hall–Kier alpha value is -3.22. The number of rotatable bonds is 6. The second kappa shape index (κ2) is 7.57. The molecule has 0 amide bonds. The first-order valence-corrected chi connectivity index (χ1v) is 7.57. The van der Waals surface area contributed by atoms with Crippen molar-refractivity contribution in [2.75, 3.05) is 7.11 Å². The molecule has 0 radical (unpaired) electrons. The van der Waals surface area contributed by atoms with E-state index < -0.39 is 11.8 Å². The van der Waals surface area contributed by atoms with Crippen molar-refractivity contribution in [2.45, 2.75) is 13.0 Å². The van der Waals surface area contributed by atoms with Gasteiger partial charge < -0.3 is 14.5 Å². The maximum Gasteiger partial charge on any atom is 0.339 e. The van der Waals surface area contributed by atoms with Crippen LogP contribution in [0.15, 0.2) is 49.1 Å². The molecule has 3 aromatic rings. The largest absolute Gasteiger partial charge is 0.487 e. The molecule has 0 spiro atoms. The van der Waals surface area contributed by atoms with Gasteiger partial charge >= 0.3 is 5.97 Å². The summed E-state index contributed by atoms with van der Waals surface area (Å²) in [6.07, 6.45) is 6.39. The lowest BCUT2D eigenvalue weighted by Crippen LogP contribution is -2.02. The monoisotopic (exact) mass is 341 g/mol. The summed E-state index contributed by atoms with van der Waals surface area (Å²) in [7, 11) is 1.33. The number of methoxy groups -OCH3 is 1. The van der Waals surface area contributed by atoms with E-state index in [0.717, 1.165) is 11.9 Å². The van der Waals surface area contributed by atoms with Gasteiger partial charge in [0.05, 0.1) is 24.6 Å². The number of esters is 1. The van der Waals surface area contributed by atoms with Crippen molar-refractivity contribution in [2.24, 2.45) is 0 Å². The predicted molar refractivity (Wildman–Crippen MR) is 87.7 cm³/mol. The second-order valence-electron chi connectivity index (χ2n) is 5.33. The highest BCUT2D eigenvalue weighted by Gasteiger charge is 2.11. The highest BCUT2D eigenvalue weighted by molar-refractivity contribution is 5.89. The van der Waals surface area contributed by atoms with E-state index in [0.29, 0.717) is 29.0 Å². The normalized spacial score (nSPS) is 10.5. The van der Waals surface area contributed by atoms with E-state index >= 15 is 0 Å². The molecule has 0 aliphatic carbocycles. The van der Waals surface area contributed by atoms with E-state index in [-0.39, 0.29) is 6.61 Å². The SMILES string of the molecule is COC(=O)c1c[nH]c(Cc2ncccc2OCc2cncc(F)c2)c1. The van der Waals surface area contributed by atoms with Gasteiger partial charge in [-0.05, 0) is 24.3 Å². The van der Waals surface area contributed by atoms with Gasteiger partial charge in [-0.1, -0.05) is 0 Å². The molecule has 0 aromatic carbocycles. The molecule has 3 rings (SSSR count).